The van der Waals surface area contributed by atoms with Crippen molar-refractivity contribution in [1.29, 1.82) is 0 Å². The van der Waals surface area contributed by atoms with Gasteiger partial charge in [-0.3, -0.25) is 0 Å². The van der Waals surface area contributed by atoms with E-state index in [1.54, 1.807) is 0 Å². The van der Waals surface area contributed by atoms with Crippen molar-refractivity contribution < 1.29 is 4.42 Å². The highest BCUT2D eigenvalue weighted by Crippen LogP contribution is 2.53. The predicted octanol–water partition coefficient (Wildman–Crippen LogP) is 12.2. The van der Waals surface area contributed by atoms with Crippen LogP contribution < -0.4 is 5.32 Å². The first-order chi connectivity index (χ1) is 21.5. The smallest absolute Gasteiger partial charge is 0.139 e. The van der Waals surface area contributed by atoms with Crippen LogP contribution in [0.15, 0.2) is 138 Å². The second-order valence-corrected chi connectivity index (χ2v) is 13.4. The van der Waals surface area contributed by atoms with Gasteiger partial charge < -0.3 is 9.73 Å². The zero-order chi connectivity index (χ0) is 29.4. The van der Waals surface area contributed by atoms with Crippen LogP contribution in [0.4, 0.5) is 11.4 Å². The van der Waals surface area contributed by atoms with E-state index in [1.165, 1.54) is 64.5 Å². The third kappa shape index (κ3) is 3.86. The summed E-state index contributed by atoms with van der Waals surface area (Å²) in [5.74, 6) is 1.02. The molecule has 6 aromatic carbocycles. The van der Waals surface area contributed by atoms with E-state index in [0.717, 1.165) is 22.7 Å². The Kier molecular flexibility index (Phi) is 5.45. The Morgan fingerprint density at radius 2 is 1.18 bits per heavy atom. The van der Waals surface area contributed by atoms with Crippen molar-refractivity contribution in [3.05, 3.63) is 145 Å². The van der Waals surface area contributed by atoms with Crippen molar-refractivity contribution in [3.63, 3.8) is 0 Å². The Bertz CT molecular complexity index is 2370. The molecule has 1 aliphatic carbocycles. The van der Waals surface area contributed by atoms with Crippen LogP contribution in [0.3, 0.4) is 0 Å². The summed E-state index contributed by atoms with van der Waals surface area (Å²) in [7, 11) is 0. The first-order valence-corrected chi connectivity index (χ1v) is 15.9. The number of thiophene rings is 1. The van der Waals surface area contributed by atoms with Crippen molar-refractivity contribution in [2.24, 2.45) is 0 Å². The van der Waals surface area contributed by atoms with Gasteiger partial charge in [-0.25, -0.2) is 0 Å². The molecule has 0 radical (unpaired) electrons. The summed E-state index contributed by atoms with van der Waals surface area (Å²) in [6, 6.07) is 48.0. The average Bonchev–Trinajstić information content (AvgIpc) is 3.69. The molecule has 2 heterocycles. The van der Waals surface area contributed by atoms with E-state index in [4.69, 9.17) is 4.42 Å². The summed E-state index contributed by atoms with van der Waals surface area (Å²) < 4.78 is 8.97. The van der Waals surface area contributed by atoms with Gasteiger partial charge >= 0.3 is 0 Å². The largest absolute Gasteiger partial charge is 0.456 e. The lowest BCUT2D eigenvalue weighted by molar-refractivity contribution is 0.619. The predicted molar refractivity (Wildman–Crippen MR) is 187 cm³/mol. The molecule has 9 rings (SSSR count). The summed E-state index contributed by atoms with van der Waals surface area (Å²) in [5.41, 5.74) is 11.8. The highest BCUT2D eigenvalue weighted by Gasteiger charge is 2.40. The normalized spacial score (nSPS) is 13.4. The third-order valence-corrected chi connectivity index (χ3v) is 10.4. The van der Waals surface area contributed by atoms with Crippen molar-refractivity contribution in [2.45, 2.75) is 19.3 Å². The van der Waals surface area contributed by atoms with Gasteiger partial charge in [-0.1, -0.05) is 105 Å². The minimum absolute atomic E-state index is 0.125. The van der Waals surface area contributed by atoms with Gasteiger partial charge in [0.05, 0.1) is 0 Å². The van der Waals surface area contributed by atoms with E-state index in [0.29, 0.717) is 0 Å². The summed E-state index contributed by atoms with van der Waals surface area (Å²) >= 11 is 1.86. The number of para-hydroxylation sites is 1. The van der Waals surface area contributed by atoms with Crippen molar-refractivity contribution >= 4 is 53.9 Å². The molecule has 1 N–H and O–H groups in total. The van der Waals surface area contributed by atoms with Crippen LogP contribution in [-0.4, -0.2) is 0 Å². The maximum Gasteiger partial charge on any atom is 0.139 e. The standard InChI is InChI=1S/C41H29NOS/c1-41(2)35-22-27(15-20-33(35)40-39(41)34-10-6-7-11-36(34)43-40)28-14-19-31-32-21-18-30(24-38(32)44-37(31)23-28)42-29-16-12-26(13-17-29)25-8-4-3-5-9-25/h3-24,42H,1-2H3. The molecule has 2 aromatic heterocycles. The molecule has 3 heteroatoms. The Morgan fingerprint density at radius 3 is 2.02 bits per heavy atom. The molecular weight excluding hydrogens is 555 g/mol. The zero-order valence-corrected chi connectivity index (χ0v) is 25.3. The van der Waals surface area contributed by atoms with Gasteiger partial charge in [-0.15, -0.1) is 11.3 Å². The molecule has 8 aromatic rings. The Morgan fingerprint density at radius 1 is 0.545 bits per heavy atom. The molecule has 0 atom stereocenters. The molecule has 0 bridgehead atoms. The monoisotopic (exact) mass is 583 g/mol. The molecule has 44 heavy (non-hydrogen) atoms. The second kappa shape index (κ2) is 9.44. The topological polar surface area (TPSA) is 25.2 Å². The zero-order valence-electron chi connectivity index (χ0n) is 24.5. The summed E-state index contributed by atoms with van der Waals surface area (Å²) in [4.78, 5) is 0. The maximum atomic E-state index is 6.38. The fraction of sp³-hybridized carbons (Fsp3) is 0.0732. The van der Waals surface area contributed by atoms with Crippen LogP contribution in [0.1, 0.15) is 25.0 Å². The highest BCUT2D eigenvalue weighted by atomic mass is 32.1. The maximum absolute atomic E-state index is 6.38. The van der Waals surface area contributed by atoms with Gasteiger partial charge in [0.2, 0.25) is 0 Å². The van der Waals surface area contributed by atoms with Crippen molar-refractivity contribution in [3.8, 4) is 33.6 Å². The molecule has 2 nitrogen and oxygen atoms in total. The van der Waals surface area contributed by atoms with Crippen molar-refractivity contribution in [2.75, 3.05) is 5.32 Å². The van der Waals surface area contributed by atoms with Gasteiger partial charge in [0.25, 0.3) is 0 Å². The SMILES string of the molecule is CC1(C)c2cc(-c3ccc4c(c3)sc3cc(Nc5ccc(-c6ccccc6)cc5)ccc34)ccc2-c2oc3ccccc3c21. The average molecular weight is 584 g/mol. The number of anilines is 2. The lowest BCUT2D eigenvalue weighted by atomic mass is 9.80. The van der Waals surface area contributed by atoms with Crippen LogP contribution in [0.2, 0.25) is 0 Å². The fourth-order valence-corrected chi connectivity index (χ4v) is 8.19. The molecule has 0 fully saturated rings. The van der Waals surface area contributed by atoms with E-state index in [-0.39, 0.29) is 5.41 Å². The Hall–Kier alpha value is -5.12. The molecule has 0 spiro atoms. The van der Waals surface area contributed by atoms with E-state index >= 15 is 0 Å². The van der Waals surface area contributed by atoms with Crippen LogP contribution in [0, 0.1) is 0 Å². The number of benzene rings is 6. The number of hydrogen-bond acceptors (Lipinski definition) is 3. The number of hydrogen-bond donors (Lipinski definition) is 1. The first-order valence-electron chi connectivity index (χ1n) is 15.1. The third-order valence-electron chi connectivity index (χ3n) is 9.25. The number of furan rings is 1. The summed E-state index contributed by atoms with van der Waals surface area (Å²) in [6.45, 7) is 4.64. The molecule has 0 amide bonds. The van der Waals surface area contributed by atoms with Crippen LogP contribution in [0.5, 0.6) is 0 Å². The van der Waals surface area contributed by atoms with E-state index < -0.39 is 0 Å². The summed E-state index contributed by atoms with van der Waals surface area (Å²) in [5, 5.41) is 7.43. The van der Waals surface area contributed by atoms with Crippen molar-refractivity contribution in [1.82, 2.24) is 0 Å². The summed E-state index contributed by atoms with van der Waals surface area (Å²) in [6.07, 6.45) is 0. The van der Waals surface area contributed by atoms with E-state index in [1.807, 2.05) is 17.4 Å². The highest BCUT2D eigenvalue weighted by molar-refractivity contribution is 7.25. The second-order valence-electron chi connectivity index (χ2n) is 12.3. The fourth-order valence-electron chi connectivity index (χ4n) is 7.01. The van der Waals surface area contributed by atoms with Crippen LogP contribution in [0.25, 0.3) is 64.7 Å². The lowest BCUT2D eigenvalue weighted by Crippen LogP contribution is -2.15. The first kappa shape index (κ1) is 25.4. The minimum atomic E-state index is -0.125. The van der Waals surface area contributed by atoms with Gasteiger partial charge in [0, 0.05) is 53.5 Å². The van der Waals surface area contributed by atoms with Gasteiger partial charge in [0.1, 0.15) is 11.3 Å². The van der Waals surface area contributed by atoms with Crippen LogP contribution >= 0.6 is 11.3 Å². The number of fused-ring (bicyclic) bond motifs is 8. The molecule has 0 saturated carbocycles. The molecular formula is C41H29NOS. The molecule has 210 valence electrons. The minimum Gasteiger partial charge on any atom is -0.456 e. The molecule has 0 saturated heterocycles. The quantitative estimate of drug-likeness (QED) is 0.223. The van der Waals surface area contributed by atoms with Gasteiger partial charge in [-0.05, 0) is 70.3 Å². The van der Waals surface area contributed by atoms with Gasteiger partial charge in [-0.2, -0.15) is 0 Å². The Labute approximate surface area is 260 Å². The lowest BCUT2D eigenvalue weighted by Gasteiger charge is -2.21. The Balaban J connectivity index is 1.03. The van der Waals surface area contributed by atoms with E-state index in [9.17, 15) is 0 Å². The van der Waals surface area contributed by atoms with Gasteiger partial charge in [0.15, 0.2) is 0 Å². The number of nitrogens with one attached hydrogen (secondary N) is 1. The van der Waals surface area contributed by atoms with E-state index in [2.05, 4.69) is 147 Å². The van der Waals surface area contributed by atoms with Crippen LogP contribution in [-0.2, 0) is 5.41 Å². The molecule has 0 unspecified atom stereocenters. The molecule has 0 aliphatic heterocycles. The molecule has 1 aliphatic rings. The number of rotatable bonds is 4.